The van der Waals surface area contributed by atoms with Crippen LogP contribution in [0.15, 0.2) is 18.3 Å². The maximum Gasteiger partial charge on any atom is 0.408 e. The summed E-state index contributed by atoms with van der Waals surface area (Å²) in [7, 11) is 1.58. The van der Waals surface area contributed by atoms with Crippen LogP contribution >= 0.6 is 0 Å². The number of nitrogen functional groups attached to an aromatic ring is 1. The fourth-order valence-electron chi connectivity index (χ4n) is 4.28. The minimum atomic E-state index is -1.00. The van der Waals surface area contributed by atoms with Gasteiger partial charge in [0.05, 0.1) is 25.0 Å². The molecule has 10 nitrogen and oxygen atoms in total. The molecule has 1 fully saturated rings. The van der Waals surface area contributed by atoms with Gasteiger partial charge in [0.15, 0.2) is 5.65 Å². The van der Waals surface area contributed by atoms with E-state index >= 15 is 0 Å². The molecule has 1 aliphatic heterocycles. The average Bonchev–Trinajstić information content (AvgIpc) is 3.35. The van der Waals surface area contributed by atoms with Crippen LogP contribution in [0.5, 0.6) is 5.75 Å². The molecule has 10 heteroatoms. The molecular formula is C23H24N6O4. The molecule has 0 bridgehead atoms. The number of rotatable bonds is 3. The Morgan fingerprint density at radius 3 is 2.73 bits per heavy atom. The highest BCUT2D eigenvalue weighted by Crippen LogP contribution is 2.35. The summed E-state index contributed by atoms with van der Waals surface area (Å²) in [6.45, 7) is 4.25. The molecular weight excluding hydrogens is 424 g/mol. The van der Waals surface area contributed by atoms with Gasteiger partial charge >= 0.3 is 6.09 Å². The smallest absolute Gasteiger partial charge is 0.408 e. The molecule has 1 atom stereocenters. The maximum absolute atomic E-state index is 12.3. The Morgan fingerprint density at radius 2 is 2.06 bits per heavy atom. The Hall–Kier alpha value is -4.26. The van der Waals surface area contributed by atoms with E-state index in [9.17, 15) is 14.7 Å². The lowest BCUT2D eigenvalue weighted by molar-refractivity contribution is 0.100. The summed E-state index contributed by atoms with van der Waals surface area (Å²) in [5.74, 6) is 5.88. The van der Waals surface area contributed by atoms with Crippen molar-refractivity contribution in [2.75, 3.05) is 19.4 Å². The number of hydrogen-bond donors (Lipinski definition) is 3. The molecule has 0 radical (unpaired) electrons. The molecule has 3 heterocycles. The van der Waals surface area contributed by atoms with Crippen LogP contribution in [0.3, 0.4) is 0 Å². The summed E-state index contributed by atoms with van der Waals surface area (Å²) in [6, 6.07) is 3.33. The number of anilines is 1. The molecule has 33 heavy (non-hydrogen) atoms. The third-order valence-electron chi connectivity index (χ3n) is 5.84. The van der Waals surface area contributed by atoms with Crippen molar-refractivity contribution in [3.8, 4) is 23.3 Å². The number of aryl methyl sites for hydroxylation is 1. The molecule has 4 rings (SSSR count). The lowest BCUT2D eigenvalue weighted by Gasteiger charge is -2.16. The summed E-state index contributed by atoms with van der Waals surface area (Å²) >= 11 is 0. The highest BCUT2D eigenvalue weighted by Gasteiger charge is 2.27. The standard InChI is InChI=1S/C23H24N6O4/c1-12-6-9-16(33-3)13(2)19(12)29-20(24)17(21(25)30)18-22(29)26-11-14(27-18)7-8-15-5-4-10-28(15)23(31)32/h6,9,11,15H,4-5,10,24H2,1-3H3,(H2,25,30)(H,31,32). The van der Waals surface area contributed by atoms with Gasteiger partial charge in [-0.15, -0.1) is 0 Å². The molecule has 2 amide bonds. The molecule has 3 aromatic rings. The summed E-state index contributed by atoms with van der Waals surface area (Å²) in [6.07, 6.45) is 1.87. The van der Waals surface area contributed by atoms with Gasteiger partial charge in [0, 0.05) is 12.1 Å². The number of hydrogen-bond acceptors (Lipinski definition) is 6. The number of benzene rings is 1. The van der Waals surface area contributed by atoms with E-state index in [1.165, 1.54) is 11.1 Å². The number of carbonyl (C=O) groups is 2. The lowest BCUT2D eigenvalue weighted by Crippen LogP contribution is -2.33. The van der Waals surface area contributed by atoms with Gasteiger partial charge in [0.2, 0.25) is 0 Å². The van der Waals surface area contributed by atoms with Crippen LogP contribution in [-0.4, -0.2) is 56.2 Å². The number of carboxylic acid groups (broad SMARTS) is 1. The number of methoxy groups -OCH3 is 1. The normalized spacial score (nSPS) is 15.4. The molecule has 0 saturated carbocycles. The van der Waals surface area contributed by atoms with E-state index in [0.29, 0.717) is 30.1 Å². The largest absolute Gasteiger partial charge is 0.496 e. The van der Waals surface area contributed by atoms with E-state index in [-0.39, 0.29) is 16.9 Å². The van der Waals surface area contributed by atoms with E-state index in [2.05, 4.69) is 21.8 Å². The molecule has 170 valence electrons. The minimum absolute atomic E-state index is 0.0517. The highest BCUT2D eigenvalue weighted by molar-refractivity contribution is 6.09. The Morgan fingerprint density at radius 1 is 1.30 bits per heavy atom. The van der Waals surface area contributed by atoms with Crippen molar-refractivity contribution in [2.24, 2.45) is 5.73 Å². The van der Waals surface area contributed by atoms with Crippen LogP contribution in [0.2, 0.25) is 0 Å². The molecule has 1 saturated heterocycles. The van der Waals surface area contributed by atoms with E-state index < -0.39 is 18.0 Å². The summed E-state index contributed by atoms with van der Waals surface area (Å²) in [4.78, 5) is 33.9. The fourth-order valence-corrected chi connectivity index (χ4v) is 4.28. The van der Waals surface area contributed by atoms with Crippen LogP contribution in [0.25, 0.3) is 16.9 Å². The number of nitrogens with two attached hydrogens (primary N) is 2. The Labute approximate surface area is 190 Å². The van der Waals surface area contributed by atoms with Crippen LogP contribution < -0.4 is 16.2 Å². The van der Waals surface area contributed by atoms with E-state index in [1.54, 1.807) is 11.7 Å². The van der Waals surface area contributed by atoms with Gasteiger partial charge in [0.1, 0.15) is 28.3 Å². The SMILES string of the molecule is COc1ccc(C)c(-n2c(N)c(C(N)=O)c3nc(C#CC4CCCN4C(=O)O)cnc32)c1C. The van der Waals surface area contributed by atoms with Crippen molar-refractivity contribution >= 4 is 29.0 Å². The summed E-state index contributed by atoms with van der Waals surface area (Å²) in [5.41, 5.74) is 15.4. The number of fused-ring (bicyclic) bond motifs is 1. The second kappa shape index (κ2) is 8.35. The topological polar surface area (TPSA) is 150 Å². The molecule has 5 N–H and O–H groups in total. The molecule has 0 spiro atoms. The number of carbonyl (C=O) groups excluding carboxylic acids is 1. The van der Waals surface area contributed by atoms with Gasteiger partial charge < -0.3 is 21.3 Å². The van der Waals surface area contributed by atoms with Crippen molar-refractivity contribution in [3.63, 3.8) is 0 Å². The molecule has 1 aromatic carbocycles. The molecule has 1 aliphatic rings. The maximum atomic E-state index is 12.3. The fraction of sp³-hybridized carbons (Fsp3) is 0.304. The van der Waals surface area contributed by atoms with Crippen molar-refractivity contribution in [1.29, 1.82) is 0 Å². The van der Waals surface area contributed by atoms with Gasteiger partial charge in [-0.05, 0) is 44.2 Å². The predicted octanol–water partition coefficient (Wildman–Crippen LogP) is 2.22. The van der Waals surface area contributed by atoms with Crippen LogP contribution in [0, 0.1) is 25.7 Å². The van der Waals surface area contributed by atoms with Gasteiger partial charge in [-0.3, -0.25) is 14.3 Å². The quantitative estimate of drug-likeness (QED) is 0.520. The summed E-state index contributed by atoms with van der Waals surface area (Å²) < 4.78 is 7.10. The molecule has 0 aliphatic carbocycles. The Bertz CT molecular complexity index is 1350. The lowest BCUT2D eigenvalue weighted by atomic mass is 10.1. The van der Waals surface area contributed by atoms with Gasteiger partial charge in [0.25, 0.3) is 5.91 Å². The predicted molar refractivity (Wildman–Crippen MR) is 122 cm³/mol. The Kier molecular flexibility index (Phi) is 5.55. The highest BCUT2D eigenvalue weighted by atomic mass is 16.5. The van der Waals surface area contributed by atoms with E-state index in [0.717, 1.165) is 23.2 Å². The monoisotopic (exact) mass is 448 g/mol. The Balaban J connectivity index is 1.89. The molecule has 2 aromatic heterocycles. The summed E-state index contributed by atoms with van der Waals surface area (Å²) in [5, 5.41) is 9.30. The van der Waals surface area contributed by atoms with E-state index in [4.69, 9.17) is 16.2 Å². The zero-order valence-corrected chi connectivity index (χ0v) is 18.5. The number of likely N-dealkylation sites (tertiary alicyclic amines) is 1. The first-order valence-electron chi connectivity index (χ1n) is 10.4. The average molecular weight is 448 g/mol. The molecule has 1 unspecified atom stereocenters. The third kappa shape index (κ3) is 3.67. The number of aromatic nitrogens is 3. The van der Waals surface area contributed by atoms with Crippen molar-refractivity contribution in [3.05, 3.63) is 40.7 Å². The zero-order chi connectivity index (χ0) is 23.9. The first-order chi connectivity index (χ1) is 15.7. The van der Waals surface area contributed by atoms with Crippen LogP contribution in [0.4, 0.5) is 10.6 Å². The first kappa shape index (κ1) is 22.0. The van der Waals surface area contributed by atoms with Gasteiger partial charge in [-0.2, -0.15) is 0 Å². The number of amides is 2. The van der Waals surface area contributed by atoms with Crippen LogP contribution in [-0.2, 0) is 0 Å². The second-order valence-electron chi connectivity index (χ2n) is 7.85. The van der Waals surface area contributed by atoms with Gasteiger partial charge in [-0.1, -0.05) is 12.0 Å². The number of ether oxygens (including phenoxy) is 1. The second-order valence-corrected chi connectivity index (χ2v) is 7.85. The third-order valence-corrected chi connectivity index (χ3v) is 5.84. The van der Waals surface area contributed by atoms with E-state index in [1.807, 2.05) is 26.0 Å². The van der Waals surface area contributed by atoms with Crippen molar-refractivity contribution in [2.45, 2.75) is 32.7 Å². The van der Waals surface area contributed by atoms with Crippen molar-refractivity contribution in [1.82, 2.24) is 19.4 Å². The minimum Gasteiger partial charge on any atom is -0.496 e. The van der Waals surface area contributed by atoms with Crippen LogP contribution in [0.1, 0.15) is 40.0 Å². The van der Waals surface area contributed by atoms with Crippen molar-refractivity contribution < 1.29 is 19.4 Å². The first-order valence-corrected chi connectivity index (χ1v) is 10.4. The van der Waals surface area contributed by atoms with Gasteiger partial charge in [-0.25, -0.2) is 14.8 Å². The number of primary amides is 1. The zero-order valence-electron chi connectivity index (χ0n) is 18.5. The number of nitrogens with zero attached hydrogens (tertiary/aromatic N) is 4.